The second-order valence-electron chi connectivity index (χ2n) is 4.33. The van der Waals surface area contributed by atoms with Gasteiger partial charge >= 0.3 is 0 Å². The molecule has 1 aromatic carbocycles. The van der Waals surface area contributed by atoms with Crippen molar-refractivity contribution in [1.82, 2.24) is 0 Å². The molecule has 0 amide bonds. The van der Waals surface area contributed by atoms with Gasteiger partial charge in [0.15, 0.2) is 6.61 Å². The molecule has 3 heteroatoms. The van der Waals surface area contributed by atoms with E-state index in [9.17, 15) is 4.79 Å². The SMILES string of the molecule is CC(C)(C)c1ccc(OC[C]=O)c(Cl)c1. The highest BCUT2D eigenvalue weighted by Gasteiger charge is 2.15. The summed E-state index contributed by atoms with van der Waals surface area (Å²) in [5.74, 6) is 0.521. The number of rotatable bonds is 3. The largest absolute Gasteiger partial charge is 0.484 e. The van der Waals surface area contributed by atoms with E-state index in [1.165, 1.54) is 0 Å². The number of carbonyl (C=O) groups excluding carboxylic acids is 1. The van der Waals surface area contributed by atoms with Crippen LogP contribution >= 0.6 is 11.6 Å². The van der Waals surface area contributed by atoms with Crippen molar-refractivity contribution >= 4 is 17.9 Å². The molecule has 0 spiro atoms. The van der Waals surface area contributed by atoms with Crippen LogP contribution in [0.1, 0.15) is 26.3 Å². The Morgan fingerprint density at radius 3 is 2.53 bits per heavy atom. The van der Waals surface area contributed by atoms with Crippen LogP contribution < -0.4 is 4.74 Å². The number of hydrogen-bond donors (Lipinski definition) is 0. The van der Waals surface area contributed by atoms with E-state index in [4.69, 9.17) is 16.3 Å². The van der Waals surface area contributed by atoms with Gasteiger partial charge in [-0.05, 0) is 23.1 Å². The van der Waals surface area contributed by atoms with Crippen LogP contribution in [0.4, 0.5) is 0 Å². The van der Waals surface area contributed by atoms with E-state index in [1.807, 2.05) is 12.1 Å². The van der Waals surface area contributed by atoms with E-state index < -0.39 is 0 Å². The normalized spacial score (nSPS) is 11.2. The molecule has 0 atom stereocenters. The van der Waals surface area contributed by atoms with Gasteiger partial charge in [0.1, 0.15) is 5.75 Å². The van der Waals surface area contributed by atoms with Gasteiger partial charge in [-0.2, -0.15) is 0 Å². The maximum absolute atomic E-state index is 10.0. The molecule has 0 aromatic heterocycles. The first kappa shape index (κ1) is 12.1. The van der Waals surface area contributed by atoms with Crippen LogP contribution in [0.5, 0.6) is 5.75 Å². The van der Waals surface area contributed by atoms with Crippen LogP contribution in [-0.4, -0.2) is 12.9 Å². The molecular formula is C12H14ClO2. The van der Waals surface area contributed by atoms with Gasteiger partial charge in [-0.1, -0.05) is 38.4 Å². The van der Waals surface area contributed by atoms with Gasteiger partial charge in [-0.15, -0.1) is 0 Å². The quantitative estimate of drug-likeness (QED) is 0.790. The zero-order valence-corrected chi connectivity index (χ0v) is 9.89. The Hall–Kier alpha value is -1.02. The first-order valence-electron chi connectivity index (χ1n) is 4.73. The summed E-state index contributed by atoms with van der Waals surface area (Å²) in [6.07, 6.45) is 1.66. The molecule has 81 valence electrons. The van der Waals surface area contributed by atoms with Crippen LogP contribution in [0, 0.1) is 0 Å². The lowest BCUT2D eigenvalue weighted by atomic mass is 9.87. The summed E-state index contributed by atoms with van der Waals surface area (Å²) in [7, 11) is 0. The minimum Gasteiger partial charge on any atom is -0.484 e. The van der Waals surface area contributed by atoms with Gasteiger partial charge in [0.25, 0.3) is 0 Å². The van der Waals surface area contributed by atoms with E-state index in [1.54, 1.807) is 12.4 Å². The van der Waals surface area contributed by atoms with Crippen molar-refractivity contribution in [3.8, 4) is 5.75 Å². The first-order valence-corrected chi connectivity index (χ1v) is 5.11. The lowest BCUT2D eigenvalue weighted by Crippen LogP contribution is -2.11. The lowest BCUT2D eigenvalue weighted by Gasteiger charge is -2.19. The molecule has 0 unspecified atom stereocenters. The predicted octanol–water partition coefficient (Wildman–Crippen LogP) is 3.13. The van der Waals surface area contributed by atoms with Gasteiger partial charge < -0.3 is 4.74 Å². The molecular weight excluding hydrogens is 212 g/mol. The maximum atomic E-state index is 10.0. The Kier molecular flexibility index (Phi) is 3.75. The molecule has 0 aliphatic heterocycles. The minimum absolute atomic E-state index is 0.0545. The van der Waals surface area contributed by atoms with Crippen LogP contribution in [0.3, 0.4) is 0 Å². The predicted molar refractivity (Wildman–Crippen MR) is 61.3 cm³/mol. The van der Waals surface area contributed by atoms with Gasteiger partial charge in [0.2, 0.25) is 6.29 Å². The summed E-state index contributed by atoms with van der Waals surface area (Å²) < 4.78 is 5.10. The fraction of sp³-hybridized carbons (Fsp3) is 0.417. The summed E-state index contributed by atoms with van der Waals surface area (Å²) in [4.78, 5) is 10.0. The highest BCUT2D eigenvalue weighted by atomic mass is 35.5. The van der Waals surface area contributed by atoms with Crippen LogP contribution in [0.25, 0.3) is 0 Å². The van der Waals surface area contributed by atoms with Gasteiger partial charge in [-0.25, -0.2) is 0 Å². The average molecular weight is 226 g/mol. The monoisotopic (exact) mass is 225 g/mol. The van der Waals surface area contributed by atoms with Crippen molar-refractivity contribution in [2.24, 2.45) is 0 Å². The highest BCUT2D eigenvalue weighted by molar-refractivity contribution is 6.32. The van der Waals surface area contributed by atoms with E-state index in [-0.39, 0.29) is 12.0 Å². The molecule has 0 bridgehead atoms. The molecule has 0 heterocycles. The fourth-order valence-electron chi connectivity index (χ4n) is 1.19. The molecule has 1 rings (SSSR count). The number of halogens is 1. The van der Waals surface area contributed by atoms with Crippen molar-refractivity contribution in [2.45, 2.75) is 26.2 Å². The Morgan fingerprint density at radius 2 is 2.07 bits per heavy atom. The van der Waals surface area contributed by atoms with E-state index in [0.717, 1.165) is 5.56 Å². The molecule has 0 saturated heterocycles. The second kappa shape index (κ2) is 4.67. The summed E-state index contributed by atoms with van der Waals surface area (Å²) >= 11 is 6.02. The Labute approximate surface area is 95.2 Å². The minimum atomic E-state index is -0.0887. The zero-order valence-electron chi connectivity index (χ0n) is 9.13. The highest BCUT2D eigenvalue weighted by Crippen LogP contribution is 2.30. The van der Waals surface area contributed by atoms with Crippen molar-refractivity contribution in [1.29, 1.82) is 0 Å². The molecule has 0 aliphatic rings. The third-order valence-electron chi connectivity index (χ3n) is 2.08. The van der Waals surface area contributed by atoms with Crippen molar-refractivity contribution < 1.29 is 9.53 Å². The Morgan fingerprint density at radius 1 is 1.40 bits per heavy atom. The molecule has 2 nitrogen and oxygen atoms in total. The number of ether oxygens (including phenoxy) is 1. The fourth-order valence-corrected chi connectivity index (χ4v) is 1.43. The summed E-state index contributed by atoms with van der Waals surface area (Å²) in [5.41, 5.74) is 1.19. The van der Waals surface area contributed by atoms with Crippen molar-refractivity contribution in [3.05, 3.63) is 28.8 Å². The van der Waals surface area contributed by atoms with E-state index in [0.29, 0.717) is 10.8 Å². The first-order chi connectivity index (χ1) is 6.95. The van der Waals surface area contributed by atoms with Gasteiger partial charge in [0, 0.05) is 0 Å². The van der Waals surface area contributed by atoms with Gasteiger partial charge in [-0.3, -0.25) is 4.79 Å². The average Bonchev–Trinajstić information content (AvgIpc) is 2.14. The van der Waals surface area contributed by atoms with E-state index >= 15 is 0 Å². The van der Waals surface area contributed by atoms with Gasteiger partial charge in [0.05, 0.1) is 5.02 Å². The Bertz CT molecular complexity index is 353. The molecule has 1 radical (unpaired) electrons. The molecule has 0 N–H and O–H groups in total. The molecule has 1 aromatic rings. The third-order valence-corrected chi connectivity index (χ3v) is 2.38. The summed E-state index contributed by atoms with van der Waals surface area (Å²) in [5, 5.41) is 0.526. The smallest absolute Gasteiger partial charge is 0.239 e. The van der Waals surface area contributed by atoms with Crippen LogP contribution in [0.15, 0.2) is 18.2 Å². The standard InChI is InChI=1S/C12H14ClO2/c1-12(2,3)9-4-5-11(10(13)8-9)15-7-6-14/h4-5,8H,7H2,1-3H3. The number of hydrogen-bond acceptors (Lipinski definition) is 2. The van der Waals surface area contributed by atoms with Crippen LogP contribution in [-0.2, 0) is 10.2 Å². The van der Waals surface area contributed by atoms with Crippen molar-refractivity contribution in [2.75, 3.05) is 6.61 Å². The molecule has 15 heavy (non-hydrogen) atoms. The lowest BCUT2D eigenvalue weighted by molar-refractivity contribution is 0.365. The Balaban J connectivity index is 2.93. The van der Waals surface area contributed by atoms with Crippen LogP contribution in [0.2, 0.25) is 5.02 Å². The topological polar surface area (TPSA) is 26.3 Å². The summed E-state index contributed by atoms with van der Waals surface area (Å²) in [6.45, 7) is 6.24. The summed E-state index contributed by atoms with van der Waals surface area (Å²) in [6, 6.07) is 5.59. The maximum Gasteiger partial charge on any atom is 0.239 e. The molecule has 0 fully saturated rings. The molecule has 0 saturated carbocycles. The number of benzene rings is 1. The molecule has 0 aliphatic carbocycles. The zero-order chi connectivity index (χ0) is 11.5. The van der Waals surface area contributed by atoms with E-state index in [2.05, 4.69) is 20.8 Å². The third kappa shape index (κ3) is 3.24. The van der Waals surface area contributed by atoms with Crippen molar-refractivity contribution in [3.63, 3.8) is 0 Å². The second-order valence-corrected chi connectivity index (χ2v) is 4.74.